The highest BCUT2D eigenvalue weighted by molar-refractivity contribution is 7.09. The molecule has 3 nitrogen and oxygen atoms in total. The van der Waals surface area contributed by atoms with Gasteiger partial charge in [0, 0.05) is 16.0 Å². The number of nitrogens with two attached hydrogens (primary N) is 1. The molecule has 0 aliphatic carbocycles. The largest absolute Gasteiger partial charge is 0.322 e. The van der Waals surface area contributed by atoms with Crippen molar-refractivity contribution in [3.8, 4) is 0 Å². The van der Waals surface area contributed by atoms with E-state index < -0.39 is 0 Å². The van der Waals surface area contributed by atoms with Gasteiger partial charge in [-0.15, -0.1) is 11.3 Å². The fourth-order valence-corrected chi connectivity index (χ4v) is 2.42. The lowest BCUT2D eigenvalue weighted by Gasteiger charge is -2.01. The van der Waals surface area contributed by atoms with Crippen LogP contribution in [0, 0.1) is 6.92 Å². The van der Waals surface area contributed by atoms with Crippen molar-refractivity contribution in [1.29, 1.82) is 0 Å². The first-order chi connectivity index (χ1) is 8.49. The van der Waals surface area contributed by atoms with Crippen LogP contribution in [0.2, 0.25) is 5.02 Å². The van der Waals surface area contributed by atoms with E-state index in [9.17, 15) is 4.79 Å². The number of ketones is 1. The van der Waals surface area contributed by atoms with Crippen LogP contribution >= 0.6 is 22.9 Å². The summed E-state index contributed by atoms with van der Waals surface area (Å²) in [6.07, 6.45) is 0. The van der Waals surface area contributed by atoms with Gasteiger partial charge in [-0.25, -0.2) is 4.98 Å². The molecule has 1 atom stereocenters. The minimum absolute atomic E-state index is 0.125. The average Bonchev–Trinajstić information content (AvgIpc) is 2.81. The molecule has 0 aliphatic rings. The van der Waals surface area contributed by atoms with E-state index in [-0.39, 0.29) is 11.8 Å². The van der Waals surface area contributed by atoms with Crippen molar-refractivity contribution >= 4 is 28.7 Å². The third kappa shape index (κ3) is 2.61. The number of benzene rings is 1. The molecule has 18 heavy (non-hydrogen) atoms. The highest BCUT2D eigenvalue weighted by atomic mass is 35.5. The number of thiazole rings is 1. The van der Waals surface area contributed by atoms with Gasteiger partial charge in [0.25, 0.3) is 0 Å². The van der Waals surface area contributed by atoms with Crippen LogP contribution < -0.4 is 5.73 Å². The zero-order valence-corrected chi connectivity index (χ0v) is 11.7. The van der Waals surface area contributed by atoms with E-state index in [0.717, 1.165) is 10.6 Å². The molecular weight excluding hydrogens is 268 g/mol. The molecule has 0 spiro atoms. The van der Waals surface area contributed by atoms with Crippen molar-refractivity contribution in [2.75, 3.05) is 0 Å². The van der Waals surface area contributed by atoms with Gasteiger partial charge in [-0.1, -0.05) is 23.7 Å². The van der Waals surface area contributed by atoms with Crippen LogP contribution in [0.25, 0.3) is 0 Å². The summed E-state index contributed by atoms with van der Waals surface area (Å²) in [6.45, 7) is 3.74. The van der Waals surface area contributed by atoms with Crippen LogP contribution in [0.4, 0.5) is 0 Å². The first-order valence-electron chi connectivity index (χ1n) is 5.51. The molecule has 1 aromatic heterocycles. The van der Waals surface area contributed by atoms with Crippen LogP contribution in [0.15, 0.2) is 23.6 Å². The zero-order chi connectivity index (χ0) is 13.3. The Morgan fingerprint density at radius 2 is 2.22 bits per heavy atom. The molecule has 1 aromatic carbocycles. The third-order valence-electron chi connectivity index (χ3n) is 2.58. The first kappa shape index (κ1) is 13.2. The Morgan fingerprint density at radius 1 is 1.50 bits per heavy atom. The Balaban J connectivity index is 2.32. The minimum atomic E-state index is -0.154. The smallest absolute Gasteiger partial charge is 0.212 e. The SMILES string of the molecule is Cc1ccc(C(=O)c2csc(C(C)N)n2)cc1Cl. The maximum atomic E-state index is 12.2. The molecule has 0 bridgehead atoms. The number of carbonyl (C=O) groups excluding carboxylic acids is 1. The van der Waals surface area contributed by atoms with E-state index in [1.807, 2.05) is 19.9 Å². The Labute approximate surface area is 115 Å². The predicted octanol–water partition coefficient (Wildman–Crippen LogP) is 3.36. The Bertz CT molecular complexity index is 592. The summed E-state index contributed by atoms with van der Waals surface area (Å²) in [7, 11) is 0. The van der Waals surface area contributed by atoms with Crippen molar-refractivity contribution in [3.05, 3.63) is 50.4 Å². The van der Waals surface area contributed by atoms with Gasteiger partial charge in [-0.2, -0.15) is 0 Å². The molecule has 94 valence electrons. The second kappa shape index (κ2) is 5.18. The fraction of sp³-hybridized carbons (Fsp3) is 0.231. The molecule has 0 saturated carbocycles. The van der Waals surface area contributed by atoms with Gasteiger partial charge in [0.15, 0.2) is 0 Å². The normalized spacial score (nSPS) is 12.4. The number of halogens is 1. The topological polar surface area (TPSA) is 56.0 Å². The van der Waals surface area contributed by atoms with Gasteiger partial charge in [-0.05, 0) is 25.5 Å². The van der Waals surface area contributed by atoms with Crippen molar-refractivity contribution in [2.45, 2.75) is 19.9 Å². The molecule has 1 unspecified atom stereocenters. The van der Waals surface area contributed by atoms with Gasteiger partial charge >= 0.3 is 0 Å². The van der Waals surface area contributed by atoms with Crippen molar-refractivity contribution < 1.29 is 4.79 Å². The second-order valence-electron chi connectivity index (χ2n) is 4.15. The molecule has 0 fully saturated rings. The highest BCUT2D eigenvalue weighted by Crippen LogP contribution is 2.21. The Morgan fingerprint density at radius 3 is 2.78 bits per heavy atom. The summed E-state index contributed by atoms with van der Waals surface area (Å²) in [5.41, 5.74) is 7.64. The van der Waals surface area contributed by atoms with Crippen LogP contribution in [-0.4, -0.2) is 10.8 Å². The first-order valence-corrected chi connectivity index (χ1v) is 6.76. The van der Waals surface area contributed by atoms with E-state index in [1.165, 1.54) is 11.3 Å². The van der Waals surface area contributed by atoms with Crippen LogP contribution in [0.1, 0.15) is 39.6 Å². The van der Waals surface area contributed by atoms with Gasteiger partial charge < -0.3 is 5.73 Å². The maximum absolute atomic E-state index is 12.2. The van der Waals surface area contributed by atoms with E-state index in [0.29, 0.717) is 16.3 Å². The monoisotopic (exact) mass is 280 g/mol. The number of carbonyl (C=O) groups is 1. The molecule has 0 saturated heterocycles. The predicted molar refractivity (Wildman–Crippen MR) is 74.3 cm³/mol. The lowest BCUT2D eigenvalue weighted by atomic mass is 10.1. The fourth-order valence-electron chi connectivity index (χ4n) is 1.48. The summed E-state index contributed by atoms with van der Waals surface area (Å²) < 4.78 is 0. The molecule has 2 N–H and O–H groups in total. The van der Waals surface area contributed by atoms with Crippen LogP contribution in [0.5, 0.6) is 0 Å². The Hall–Kier alpha value is -1.23. The maximum Gasteiger partial charge on any atom is 0.212 e. The highest BCUT2D eigenvalue weighted by Gasteiger charge is 2.15. The minimum Gasteiger partial charge on any atom is -0.322 e. The second-order valence-corrected chi connectivity index (χ2v) is 5.45. The van der Waals surface area contributed by atoms with Gasteiger partial charge in [0.1, 0.15) is 10.7 Å². The van der Waals surface area contributed by atoms with Crippen LogP contribution in [0.3, 0.4) is 0 Å². The standard InChI is InChI=1S/C13H13ClN2OS/c1-7-3-4-9(5-10(7)14)12(17)11-6-18-13(16-11)8(2)15/h3-6,8H,15H2,1-2H3. The molecule has 2 rings (SSSR count). The lowest BCUT2D eigenvalue weighted by Crippen LogP contribution is -2.06. The zero-order valence-electron chi connectivity index (χ0n) is 10.1. The summed E-state index contributed by atoms with van der Waals surface area (Å²) >= 11 is 7.41. The van der Waals surface area contributed by atoms with Crippen molar-refractivity contribution in [3.63, 3.8) is 0 Å². The van der Waals surface area contributed by atoms with E-state index >= 15 is 0 Å². The molecule has 0 radical (unpaired) electrons. The number of hydrogen-bond acceptors (Lipinski definition) is 4. The molecular formula is C13H13ClN2OS. The molecule has 1 heterocycles. The third-order valence-corrected chi connectivity index (χ3v) is 4.03. The van der Waals surface area contributed by atoms with Gasteiger partial charge in [0.2, 0.25) is 5.78 Å². The van der Waals surface area contributed by atoms with Gasteiger partial charge in [0.05, 0.1) is 6.04 Å². The van der Waals surface area contributed by atoms with Crippen LogP contribution in [-0.2, 0) is 0 Å². The number of aryl methyl sites for hydroxylation is 1. The average molecular weight is 281 g/mol. The number of rotatable bonds is 3. The molecule has 5 heteroatoms. The van der Waals surface area contributed by atoms with Gasteiger partial charge in [-0.3, -0.25) is 4.79 Å². The van der Waals surface area contributed by atoms with E-state index in [2.05, 4.69) is 4.98 Å². The Kier molecular flexibility index (Phi) is 3.80. The number of nitrogens with zero attached hydrogens (tertiary/aromatic N) is 1. The molecule has 2 aromatic rings. The molecule has 0 aliphatic heterocycles. The van der Waals surface area contributed by atoms with Crippen molar-refractivity contribution in [1.82, 2.24) is 4.98 Å². The summed E-state index contributed by atoms with van der Waals surface area (Å²) in [6, 6.07) is 5.10. The number of aromatic nitrogens is 1. The van der Waals surface area contributed by atoms with E-state index in [1.54, 1.807) is 17.5 Å². The van der Waals surface area contributed by atoms with E-state index in [4.69, 9.17) is 17.3 Å². The number of hydrogen-bond donors (Lipinski definition) is 1. The summed E-state index contributed by atoms with van der Waals surface area (Å²) in [5.74, 6) is -0.125. The summed E-state index contributed by atoms with van der Waals surface area (Å²) in [4.78, 5) is 16.4. The lowest BCUT2D eigenvalue weighted by molar-refractivity contribution is 0.103. The summed E-state index contributed by atoms with van der Waals surface area (Å²) in [5, 5.41) is 3.08. The van der Waals surface area contributed by atoms with Crippen molar-refractivity contribution in [2.24, 2.45) is 5.73 Å². The quantitative estimate of drug-likeness (QED) is 0.877. The molecule has 0 amide bonds.